The zero-order valence-corrected chi connectivity index (χ0v) is 10.3. The highest BCUT2D eigenvalue weighted by Crippen LogP contribution is 2.46. The SMILES string of the molecule is CCCCOC(=O)[C@@H]1O[C@@]1(C)c1ccccc1. The van der Waals surface area contributed by atoms with E-state index in [0.29, 0.717) is 6.61 Å². The Morgan fingerprint density at radius 1 is 1.41 bits per heavy atom. The maximum Gasteiger partial charge on any atom is 0.338 e. The number of benzene rings is 1. The molecule has 92 valence electrons. The lowest BCUT2D eigenvalue weighted by atomic mass is 9.97. The van der Waals surface area contributed by atoms with E-state index >= 15 is 0 Å². The van der Waals surface area contributed by atoms with Crippen molar-refractivity contribution in [2.45, 2.75) is 38.4 Å². The largest absolute Gasteiger partial charge is 0.464 e. The fraction of sp³-hybridized carbons (Fsp3) is 0.500. The molecule has 0 amide bonds. The molecule has 0 saturated carbocycles. The van der Waals surface area contributed by atoms with Gasteiger partial charge in [-0.25, -0.2) is 4.79 Å². The fourth-order valence-corrected chi connectivity index (χ4v) is 1.87. The Morgan fingerprint density at radius 2 is 2.12 bits per heavy atom. The third-order valence-corrected chi connectivity index (χ3v) is 3.11. The third kappa shape index (κ3) is 2.50. The second kappa shape index (κ2) is 4.88. The lowest BCUT2D eigenvalue weighted by molar-refractivity contribution is -0.145. The molecule has 3 nitrogen and oxygen atoms in total. The van der Waals surface area contributed by atoms with Crippen molar-refractivity contribution in [3.63, 3.8) is 0 Å². The minimum atomic E-state index is -0.495. The number of unbranched alkanes of at least 4 members (excludes halogenated alkanes) is 1. The predicted octanol–water partition coefficient (Wildman–Crippen LogP) is 2.64. The van der Waals surface area contributed by atoms with E-state index in [1.54, 1.807) is 0 Å². The Labute approximate surface area is 102 Å². The summed E-state index contributed by atoms with van der Waals surface area (Å²) in [6, 6.07) is 9.78. The molecule has 1 saturated heterocycles. The standard InChI is InChI=1S/C14H18O3/c1-3-4-10-16-13(15)12-14(2,17-12)11-8-6-5-7-9-11/h5-9,12H,3-4,10H2,1-2H3/t12-,14-/m0/s1. The molecule has 2 rings (SSSR count). The van der Waals surface area contributed by atoms with Crippen LogP contribution in [-0.2, 0) is 19.9 Å². The molecule has 1 aliphatic rings. The van der Waals surface area contributed by atoms with Crippen molar-refractivity contribution in [3.8, 4) is 0 Å². The van der Waals surface area contributed by atoms with Gasteiger partial charge in [-0.15, -0.1) is 0 Å². The van der Waals surface area contributed by atoms with Gasteiger partial charge in [-0.2, -0.15) is 0 Å². The number of epoxide rings is 1. The van der Waals surface area contributed by atoms with Gasteiger partial charge in [0.25, 0.3) is 0 Å². The van der Waals surface area contributed by atoms with Crippen LogP contribution in [0.15, 0.2) is 30.3 Å². The summed E-state index contributed by atoms with van der Waals surface area (Å²) in [5, 5.41) is 0. The number of carbonyl (C=O) groups is 1. The molecule has 0 bridgehead atoms. The molecule has 2 atom stereocenters. The van der Waals surface area contributed by atoms with E-state index in [1.165, 1.54) is 0 Å². The van der Waals surface area contributed by atoms with Gasteiger partial charge in [0.2, 0.25) is 0 Å². The minimum absolute atomic E-state index is 0.246. The number of hydrogen-bond donors (Lipinski definition) is 0. The number of rotatable bonds is 5. The number of hydrogen-bond acceptors (Lipinski definition) is 3. The lowest BCUT2D eigenvalue weighted by Crippen LogP contribution is -2.19. The van der Waals surface area contributed by atoms with Crippen LogP contribution in [0.2, 0.25) is 0 Å². The van der Waals surface area contributed by atoms with Gasteiger partial charge in [0, 0.05) is 0 Å². The summed E-state index contributed by atoms with van der Waals surface area (Å²) in [6.45, 7) is 4.48. The second-order valence-electron chi connectivity index (χ2n) is 4.49. The van der Waals surface area contributed by atoms with Crippen LogP contribution < -0.4 is 0 Å². The van der Waals surface area contributed by atoms with Gasteiger partial charge in [-0.3, -0.25) is 0 Å². The predicted molar refractivity (Wildman–Crippen MR) is 64.5 cm³/mol. The first kappa shape index (κ1) is 12.1. The molecule has 1 fully saturated rings. The molecule has 0 aromatic heterocycles. The van der Waals surface area contributed by atoms with E-state index in [2.05, 4.69) is 6.92 Å². The molecular weight excluding hydrogens is 216 g/mol. The topological polar surface area (TPSA) is 38.8 Å². The minimum Gasteiger partial charge on any atom is -0.464 e. The summed E-state index contributed by atoms with van der Waals surface area (Å²) in [5.41, 5.74) is 0.530. The van der Waals surface area contributed by atoms with Crippen molar-refractivity contribution in [2.24, 2.45) is 0 Å². The fourth-order valence-electron chi connectivity index (χ4n) is 1.87. The first-order valence-electron chi connectivity index (χ1n) is 6.08. The Hall–Kier alpha value is -1.35. The van der Waals surface area contributed by atoms with Crippen LogP contribution in [0.1, 0.15) is 32.3 Å². The third-order valence-electron chi connectivity index (χ3n) is 3.11. The van der Waals surface area contributed by atoms with Crippen molar-refractivity contribution in [1.29, 1.82) is 0 Å². The van der Waals surface area contributed by atoms with E-state index in [-0.39, 0.29) is 5.97 Å². The van der Waals surface area contributed by atoms with Crippen LogP contribution >= 0.6 is 0 Å². The molecule has 1 aliphatic heterocycles. The monoisotopic (exact) mass is 234 g/mol. The van der Waals surface area contributed by atoms with Crippen molar-refractivity contribution in [3.05, 3.63) is 35.9 Å². The highest BCUT2D eigenvalue weighted by molar-refractivity contribution is 5.79. The Kier molecular flexibility index (Phi) is 3.48. The van der Waals surface area contributed by atoms with Crippen LogP contribution in [0.3, 0.4) is 0 Å². The van der Waals surface area contributed by atoms with Crippen molar-refractivity contribution >= 4 is 5.97 Å². The second-order valence-corrected chi connectivity index (χ2v) is 4.49. The molecule has 0 aliphatic carbocycles. The van der Waals surface area contributed by atoms with Gasteiger partial charge < -0.3 is 9.47 Å². The lowest BCUT2D eigenvalue weighted by Gasteiger charge is -2.06. The van der Waals surface area contributed by atoms with E-state index in [4.69, 9.17) is 9.47 Å². The van der Waals surface area contributed by atoms with E-state index < -0.39 is 11.7 Å². The van der Waals surface area contributed by atoms with Crippen LogP contribution in [0.5, 0.6) is 0 Å². The van der Waals surface area contributed by atoms with Crippen LogP contribution in [0.25, 0.3) is 0 Å². The molecule has 1 aromatic carbocycles. The van der Waals surface area contributed by atoms with E-state index in [1.807, 2.05) is 37.3 Å². The van der Waals surface area contributed by atoms with Gasteiger partial charge in [0.1, 0.15) is 5.60 Å². The average molecular weight is 234 g/mol. The summed E-state index contributed by atoms with van der Waals surface area (Å²) in [4.78, 5) is 11.7. The molecule has 0 N–H and O–H groups in total. The van der Waals surface area contributed by atoms with Crippen molar-refractivity contribution in [2.75, 3.05) is 6.61 Å². The molecule has 1 heterocycles. The smallest absolute Gasteiger partial charge is 0.338 e. The van der Waals surface area contributed by atoms with Gasteiger partial charge in [0.15, 0.2) is 6.10 Å². The number of ether oxygens (including phenoxy) is 2. The first-order valence-corrected chi connectivity index (χ1v) is 6.08. The van der Waals surface area contributed by atoms with E-state index in [0.717, 1.165) is 18.4 Å². The van der Waals surface area contributed by atoms with Crippen molar-refractivity contribution < 1.29 is 14.3 Å². The molecule has 1 aromatic rings. The van der Waals surface area contributed by atoms with Gasteiger partial charge in [-0.05, 0) is 18.9 Å². The molecule has 0 unspecified atom stereocenters. The zero-order valence-electron chi connectivity index (χ0n) is 10.3. The molecule has 0 spiro atoms. The van der Waals surface area contributed by atoms with Crippen molar-refractivity contribution in [1.82, 2.24) is 0 Å². The normalized spacial score (nSPS) is 26.6. The van der Waals surface area contributed by atoms with Crippen LogP contribution in [0.4, 0.5) is 0 Å². The van der Waals surface area contributed by atoms with Gasteiger partial charge in [-0.1, -0.05) is 43.7 Å². The van der Waals surface area contributed by atoms with Gasteiger partial charge in [0.05, 0.1) is 6.61 Å². The number of carbonyl (C=O) groups excluding carboxylic acids is 1. The maximum absolute atomic E-state index is 11.7. The quantitative estimate of drug-likeness (QED) is 0.446. The summed E-state index contributed by atoms with van der Waals surface area (Å²) < 4.78 is 10.7. The molecule has 0 radical (unpaired) electrons. The van der Waals surface area contributed by atoms with Crippen LogP contribution in [0, 0.1) is 0 Å². The molecule has 3 heteroatoms. The summed E-state index contributed by atoms with van der Waals surface area (Å²) in [5.74, 6) is -0.246. The summed E-state index contributed by atoms with van der Waals surface area (Å²) >= 11 is 0. The molecule has 17 heavy (non-hydrogen) atoms. The Bertz CT molecular complexity index is 388. The van der Waals surface area contributed by atoms with E-state index in [9.17, 15) is 4.79 Å². The summed E-state index contributed by atoms with van der Waals surface area (Å²) in [7, 11) is 0. The maximum atomic E-state index is 11.7. The average Bonchev–Trinajstić information content (AvgIpc) is 3.05. The van der Waals surface area contributed by atoms with Crippen LogP contribution in [-0.4, -0.2) is 18.7 Å². The number of esters is 1. The highest BCUT2D eigenvalue weighted by atomic mass is 16.7. The molecular formula is C14H18O3. The Balaban J connectivity index is 1.92. The highest BCUT2D eigenvalue weighted by Gasteiger charge is 2.59. The Morgan fingerprint density at radius 3 is 2.76 bits per heavy atom. The van der Waals surface area contributed by atoms with Gasteiger partial charge >= 0.3 is 5.97 Å². The first-order chi connectivity index (χ1) is 8.18. The zero-order chi connectivity index (χ0) is 12.3. The summed E-state index contributed by atoms with van der Waals surface area (Å²) in [6.07, 6.45) is 1.48.